The number of fused-ring (bicyclic) bond motifs is 1. The van der Waals surface area contributed by atoms with Crippen LogP contribution in [0.5, 0.6) is 5.75 Å². The minimum atomic E-state index is -0.323. The fraction of sp³-hybridized carbons (Fsp3) is 0.174. The van der Waals surface area contributed by atoms with E-state index in [4.69, 9.17) is 4.74 Å². The van der Waals surface area contributed by atoms with E-state index in [1.807, 2.05) is 37.3 Å². The molecule has 2 heterocycles. The second-order valence-electron chi connectivity index (χ2n) is 6.95. The smallest absolute Gasteiger partial charge is 0.335 e. The average molecular weight is 402 g/mol. The molecule has 0 aliphatic heterocycles. The van der Waals surface area contributed by atoms with Gasteiger partial charge in [0.25, 0.3) is 0 Å². The summed E-state index contributed by atoms with van der Waals surface area (Å²) in [6.07, 6.45) is 1.63. The molecule has 4 aromatic rings. The van der Waals surface area contributed by atoms with Gasteiger partial charge in [-0.3, -0.25) is 9.36 Å². The monoisotopic (exact) mass is 402 g/mol. The summed E-state index contributed by atoms with van der Waals surface area (Å²) < 4.78 is 8.14. The van der Waals surface area contributed by atoms with Crippen LogP contribution in [0.25, 0.3) is 16.9 Å². The second-order valence-corrected chi connectivity index (χ2v) is 6.95. The van der Waals surface area contributed by atoms with Crippen LogP contribution in [-0.2, 0) is 11.3 Å². The van der Waals surface area contributed by atoms with E-state index in [9.17, 15) is 9.59 Å². The van der Waals surface area contributed by atoms with Crippen LogP contribution in [0.4, 0.5) is 0 Å². The largest absolute Gasteiger partial charge is 0.497 e. The molecule has 4 rings (SSSR count). The van der Waals surface area contributed by atoms with Crippen molar-refractivity contribution in [3.63, 3.8) is 0 Å². The van der Waals surface area contributed by atoms with Gasteiger partial charge in [0, 0.05) is 6.20 Å². The lowest BCUT2D eigenvalue weighted by molar-refractivity contribution is -0.122. The van der Waals surface area contributed by atoms with Gasteiger partial charge in [0.15, 0.2) is 5.65 Å². The van der Waals surface area contributed by atoms with Crippen LogP contribution in [0.2, 0.25) is 0 Å². The Labute approximate surface area is 173 Å². The maximum atomic E-state index is 13.2. The number of rotatable bonds is 6. The van der Waals surface area contributed by atoms with Gasteiger partial charge in [-0.25, -0.2) is 14.3 Å². The molecule has 30 heavy (non-hydrogen) atoms. The summed E-state index contributed by atoms with van der Waals surface area (Å²) in [4.78, 5) is 30.3. The number of benzene rings is 2. The third-order valence-electron chi connectivity index (χ3n) is 5.00. The number of methoxy groups -OCH3 is 1. The Bertz CT molecular complexity index is 1230. The molecule has 0 saturated carbocycles. The highest BCUT2D eigenvalue weighted by molar-refractivity contribution is 5.80. The first-order valence-corrected chi connectivity index (χ1v) is 9.63. The molecule has 0 spiro atoms. The molecule has 152 valence electrons. The van der Waals surface area contributed by atoms with Crippen molar-refractivity contribution in [1.82, 2.24) is 19.4 Å². The molecule has 0 bridgehead atoms. The van der Waals surface area contributed by atoms with E-state index in [0.717, 1.165) is 5.56 Å². The molecule has 0 aliphatic rings. The van der Waals surface area contributed by atoms with Crippen molar-refractivity contribution in [3.8, 4) is 11.4 Å². The number of nitrogens with zero attached hydrogens (tertiary/aromatic N) is 3. The lowest BCUT2D eigenvalue weighted by Gasteiger charge is -2.14. The summed E-state index contributed by atoms with van der Waals surface area (Å²) in [6, 6.07) is 20.2. The third-order valence-corrected chi connectivity index (χ3v) is 5.00. The van der Waals surface area contributed by atoms with Gasteiger partial charge >= 0.3 is 5.69 Å². The quantitative estimate of drug-likeness (QED) is 0.538. The summed E-state index contributed by atoms with van der Waals surface area (Å²) in [6.45, 7) is 1.82. The van der Waals surface area contributed by atoms with Gasteiger partial charge < -0.3 is 10.1 Å². The maximum Gasteiger partial charge on any atom is 0.335 e. The number of carbonyl (C=O) groups excluding carboxylic acids is 1. The Morgan fingerprint density at radius 2 is 1.80 bits per heavy atom. The van der Waals surface area contributed by atoms with Crippen LogP contribution >= 0.6 is 0 Å². The zero-order chi connectivity index (χ0) is 21.1. The molecular formula is C23H22N4O3. The van der Waals surface area contributed by atoms with E-state index in [1.54, 1.807) is 49.7 Å². The summed E-state index contributed by atoms with van der Waals surface area (Å²) in [5, 5.41) is 2.96. The Kier molecular flexibility index (Phi) is 5.34. The van der Waals surface area contributed by atoms with Gasteiger partial charge in [0.1, 0.15) is 12.3 Å². The molecule has 0 radical (unpaired) electrons. The number of carbonyl (C=O) groups is 1. The van der Waals surface area contributed by atoms with E-state index in [-0.39, 0.29) is 24.2 Å². The van der Waals surface area contributed by atoms with E-state index in [2.05, 4.69) is 10.3 Å². The average Bonchev–Trinajstić information content (AvgIpc) is 3.05. The fourth-order valence-corrected chi connectivity index (χ4v) is 3.46. The van der Waals surface area contributed by atoms with Gasteiger partial charge in [0.2, 0.25) is 5.91 Å². The van der Waals surface area contributed by atoms with Gasteiger partial charge in [-0.15, -0.1) is 0 Å². The standard InChI is InChI=1S/C23H22N4O3/c1-16(17-7-4-3-5-8-17)25-21(28)15-26-20-9-6-14-24-22(20)27(23(26)29)18-10-12-19(30-2)13-11-18/h3-14,16H,15H2,1-2H3,(H,25,28)/t16-/m0/s1. The highest BCUT2D eigenvalue weighted by Gasteiger charge is 2.18. The number of aromatic nitrogens is 3. The molecule has 1 atom stereocenters. The van der Waals surface area contributed by atoms with Gasteiger partial charge in [-0.05, 0) is 48.9 Å². The zero-order valence-corrected chi connectivity index (χ0v) is 16.8. The molecular weight excluding hydrogens is 380 g/mol. The van der Waals surface area contributed by atoms with Crippen LogP contribution in [-0.4, -0.2) is 27.1 Å². The minimum Gasteiger partial charge on any atom is -0.497 e. The van der Waals surface area contributed by atoms with Crippen molar-refractivity contribution in [2.75, 3.05) is 7.11 Å². The van der Waals surface area contributed by atoms with E-state index >= 15 is 0 Å². The van der Waals surface area contributed by atoms with Gasteiger partial charge in [0.05, 0.1) is 24.4 Å². The summed E-state index contributed by atoms with van der Waals surface area (Å²) in [7, 11) is 1.59. The molecule has 2 aromatic carbocycles. The molecule has 0 fully saturated rings. The van der Waals surface area contributed by atoms with E-state index in [1.165, 1.54) is 9.13 Å². The Morgan fingerprint density at radius 1 is 1.07 bits per heavy atom. The van der Waals surface area contributed by atoms with Gasteiger partial charge in [-0.1, -0.05) is 30.3 Å². The number of amides is 1. The van der Waals surface area contributed by atoms with Crippen molar-refractivity contribution >= 4 is 17.1 Å². The third kappa shape index (κ3) is 3.69. The van der Waals surface area contributed by atoms with Crippen molar-refractivity contribution in [3.05, 3.63) is 89.0 Å². The lowest BCUT2D eigenvalue weighted by Crippen LogP contribution is -2.34. The maximum absolute atomic E-state index is 13.2. The van der Waals surface area contributed by atoms with Crippen LogP contribution < -0.4 is 15.7 Å². The zero-order valence-electron chi connectivity index (χ0n) is 16.8. The number of imidazole rings is 1. The van der Waals surface area contributed by atoms with Crippen LogP contribution in [0, 0.1) is 0 Å². The number of ether oxygens (including phenoxy) is 1. The molecule has 1 amide bonds. The van der Waals surface area contributed by atoms with Crippen molar-refractivity contribution in [1.29, 1.82) is 0 Å². The molecule has 0 unspecified atom stereocenters. The molecule has 7 heteroatoms. The van der Waals surface area contributed by atoms with Crippen LogP contribution in [0.3, 0.4) is 0 Å². The first-order valence-electron chi connectivity index (χ1n) is 9.63. The second kappa shape index (κ2) is 8.24. The normalized spacial score (nSPS) is 11.9. The Morgan fingerprint density at radius 3 is 2.50 bits per heavy atom. The van der Waals surface area contributed by atoms with E-state index in [0.29, 0.717) is 22.6 Å². The summed E-state index contributed by atoms with van der Waals surface area (Å²) in [5.74, 6) is 0.448. The molecule has 1 N–H and O–H groups in total. The molecule has 2 aromatic heterocycles. The predicted molar refractivity (Wildman–Crippen MR) is 115 cm³/mol. The van der Waals surface area contributed by atoms with Crippen LogP contribution in [0.15, 0.2) is 77.7 Å². The first-order chi connectivity index (χ1) is 14.6. The lowest BCUT2D eigenvalue weighted by atomic mass is 10.1. The van der Waals surface area contributed by atoms with Crippen molar-refractivity contribution in [2.45, 2.75) is 19.5 Å². The Balaban J connectivity index is 1.67. The predicted octanol–water partition coefficient (Wildman–Crippen LogP) is 3.07. The first kappa shape index (κ1) is 19.4. The topological polar surface area (TPSA) is 78.1 Å². The van der Waals surface area contributed by atoms with Crippen molar-refractivity contribution < 1.29 is 9.53 Å². The summed E-state index contributed by atoms with van der Waals surface area (Å²) >= 11 is 0. The highest BCUT2D eigenvalue weighted by atomic mass is 16.5. The minimum absolute atomic E-state index is 0.0959. The fourth-order valence-electron chi connectivity index (χ4n) is 3.46. The van der Waals surface area contributed by atoms with E-state index < -0.39 is 0 Å². The van der Waals surface area contributed by atoms with Gasteiger partial charge in [-0.2, -0.15) is 0 Å². The number of nitrogens with one attached hydrogen (secondary N) is 1. The van der Waals surface area contributed by atoms with Crippen LogP contribution in [0.1, 0.15) is 18.5 Å². The molecule has 0 aliphatic carbocycles. The number of pyridine rings is 1. The molecule has 0 saturated heterocycles. The molecule has 7 nitrogen and oxygen atoms in total. The SMILES string of the molecule is COc1ccc(-n2c(=O)n(CC(=O)N[C@@H](C)c3ccccc3)c3cccnc32)cc1. The number of hydrogen-bond donors (Lipinski definition) is 1. The Hall–Kier alpha value is -3.87. The van der Waals surface area contributed by atoms with Crippen molar-refractivity contribution in [2.24, 2.45) is 0 Å². The summed E-state index contributed by atoms with van der Waals surface area (Å²) in [5.41, 5.74) is 2.43. The highest BCUT2D eigenvalue weighted by Crippen LogP contribution is 2.19. The number of hydrogen-bond acceptors (Lipinski definition) is 4.